The fourth-order valence-electron chi connectivity index (χ4n) is 1.72. The van der Waals surface area contributed by atoms with E-state index in [1.165, 1.54) is 19.3 Å². The molecule has 2 rings (SSSR count). The largest absolute Gasteiger partial charge is 0.325 e. The summed E-state index contributed by atoms with van der Waals surface area (Å²) in [5.41, 5.74) is 6.46. The normalized spacial score (nSPS) is 17.8. The number of piperidine rings is 1. The summed E-state index contributed by atoms with van der Waals surface area (Å²) in [6.45, 7) is 2.81. The van der Waals surface area contributed by atoms with Crippen molar-refractivity contribution in [2.24, 2.45) is 5.73 Å². The summed E-state index contributed by atoms with van der Waals surface area (Å²) < 4.78 is 2.07. The second-order valence-electron chi connectivity index (χ2n) is 3.46. The van der Waals surface area contributed by atoms with Crippen LogP contribution >= 0.6 is 0 Å². The lowest BCUT2D eigenvalue weighted by atomic mass is 10.2. The number of hydrogen-bond donors (Lipinski definition) is 1. The predicted octanol–water partition coefficient (Wildman–Crippen LogP) is 0.464. The Kier molecular flexibility index (Phi) is 2.49. The SMILES string of the molecule is NCc1cn(N2CCCCC2)cn1. The Morgan fingerprint density at radius 2 is 2.08 bits per heavy atom. The van der Waals surface area contributed by atoms with Crippen molar-refractivity contribution in [3.8, 4) is 0 Å². The first-order valence-corrected chi connectivity index (χ1v) is 4.88. The van der Waals surface area contributed by atoms with Gasteiger partial charge in [-0.25, -0.2) is 4.98 Å². The van der Waals surface area contributed by atoms with E-state index in [0.717, 1.165) is 18.8 Å². The lowest BCUT2D eigenvalue weighted by molar-refractivity contribution is 0.478. The molecule has 0 spiro atoms. The van der Waals surface area contributed by atoms with Crippen LogP contribution in [0.3, 0.4) is 0 Å². The van der Waals surface area contributed by atoms with Gasteiger partial charge in [0, 0.05) is 19.6 Å². The molecular weight excluding hydrogens is 164 g/mol. The summed E-state index contributed by atoms with van der Waals surface area (Å²) in [4.78, 5) is 4.21. The zero-order valence-electron chi connectivity index (χ0n) is 7.82. The molecule has 0 saturated carbocycles. The van der Waals surface area contributed by atoms with Crippen molar-refractivity contribution in [1.82, 2.24) is 9.66 Å². The van der Waals surface area contributed by atoms with Crippen LogP contribution in [0.1, 0.15) is 25.0 Å². The van der Waals surface area contributed by atoms with Crippen LogP contribution in [0, 0.1) is 0 Å². The Labute approximate surface area is 78.3 Å². The van der Waals surface area contributed by atoms with Gasteiger partial charge in [0.05, 0.1) is 11.9 Å². The second kappa shape index (κ2) is 3.79. The Balaban J connectivity index is 2.05. The third-order valence-electron chi connectivity index (χ3n) is 2.49. The van der Waals surface area contributed by atoms with Gasteiger partial charge in [0.15, 0.2) is 0 Å². The van der Waals surface area contributed by atoms with Crippen LogP contribution in [-0.4, -0.2) is 22.7 Å². The molecule has 1 aliphatic heterocycles. The molecule has 0 aromatic carbocycles. The maximum atomic E-state index is 5.50. The quantitative estimate of drug-likeness (QED) is 0.719. The summed E-state index contributed by atoms with van der Waals surface area (Å²) in [5.74, 6) is 0. The highest BCUT2D eigenvalue weighted by Crippen LogP contribution is 2.08. The molecular formula is C9H16N4. The van der Waals surface area contributed by atoms with Gasteiger partial charge in [0.1, 0.15) is 6.33 Å². The van der Waals surface area contributed by atoms with E-state index in [1.807, 2.05) is 12.5 Å². The average molecular weight is 180 g/mol. The minimum Gasteiger partial charge on any atom is -0.325 e. The smallest absolute Gasteiger partial charge is 0.114 e. The van der Waals surface area contributed by atoms with Crippen molar-refractivity contribution in [2.75, 3.05) is 18.1 Å². The monoisotopic (exact) mass is 180 g/mol. The Bertz CT molecular complexity index is 262. The van der Waals surface area contributed by atoms with Gasteiger partial charge in [-0.15, -0.1) is 0 Å². The number of nitrogens with two attached hydrogens (primary N) is 1. The van der Waals surface area contributed by atoms with Crippen LogP contribution in [0.4, 0.5) is 0 Å². The predicted molar refractivity (Wildman–Crippen MR) is 51.9 cm³/mol. The van der Waals surface area contributed by atoms with E-state index in [-0.39, 0.29) is 0 Å². The molecule has 1 aliphatic rings. The van der Waals surface area contributed by atoms with Gasteiger partial charge in [-0.05, 0) is 19.3 Å². The molecule has 1 fully saturated rings. The molecule has 1 aromatic rings. The van der Waals surface area contributed by atoms with E-state index >= 15 is 0 Å². The summed E-state index contributed by atoms with van der Waals surface area (Å²) >= 11 is 0. The number of aromatic nitrogens is 2. The lowest BCUT2D eigenvalue weighted by Gasteiger charge is -2.28. The molecule has 2 N–H and O–H groups in total. The molecule has 0 aliphatic carbocycles. The molecule has 0 atom stereocenters. The topological polar surface area (TPSA) is 47.1 Å². The van der Waals surface area contributed by atoms with Crippen LogP contribution in [0.25, 0.3) is 0 Å². The van der Waals surface area contributed by atoms with Gasteiger partial charge < -0.3 is 10.7 Å². The van der Waals surface area contributed by atoms with E-state index < -0.39 is 0 Å². The molecule has 0 radical (unpaired) electrons. The summed E-state index contributed by atoms with van der Waals surface area (Å²) in [7, 11) is 0. The van der Waals surface area contributed by atoms with Gasteiger partial charge in [-0.1, -0.05) is 0 Å². The third kappa shape index (κ3) is 1.83. The molecule has 13 heavy (non-hydrogen) atoms. The number of rotatable bonds is 2. The van der Waals surface area contributed by atoms with E-state index in [9.17, 15) is 0 Å². The van der Waals surface area contributed by atoms with Crippen molar-refractivity contribution < 1.29 is 0 Å². The van der Waals surface area contributed by atoms with Gasteiger partial charge in [0.25, 0.3) is 0 Å². The zero-order valence-corrected chi connectivity index (χ0v) is 7.82. The maximum Gasteiger partial charge on any atom is 0.114 e. The number of nitrogens with zero attached hydrogens (tertiary/aromatic N) is 3. The van der Waals surface area contributed by atoms with Crippen molar-refractivity contribution in [3.05, 3.63) is 18.2 Å². The molecule has 0 unspecified atom stereocenters. The first-order chi connectivity index (χ1) is 6.40. The van der Waals surface area contributed by atoms with Crippen LogP contribution in [0.5, 0.6) is 0 Å². The first-order valence-electron chi connectivity index (χ1n) is 4.88. The van der Waals surface area contributed by atoms with Gasteiger partial charge in [-0.3, -0.25) is 4.68 Å². The van der Waals surface area contributed by atoms with Gasteiger partial charge >= 0.3 is 0 Å². The standard InChI is InChI=1S/C9H16N4/c10-6-9-7-13(8-11-9)12-4-2-1-3-5-12/h7-8H,1-6,10H2. The molecule has 4 nitrogen and oxygen atoms in total. The maximum absolute atomic E-state index is 5.50. The van der Waals surface area contributed by atoms with E-state index in [2.05, 4.69) is 14.7 Å². The van der Waals surface area contributed by atoms with Gasteiger partial charge in [0.2, 0.25) is 0 Å². The number of imidazole rings is 1. The molecule has 1 saturated heterocycles. The molecule has 0 bridgehead atoms. The van der Waals surface area contributed by atoms with Crippen LogP contribution in [-0.2, 0) is 6.54 Å². The highest BCUT2D eigenvalue weighted by molar-refractivity contribution is 5.00. The van der Waals surface area contributed by atoms with E-state index in [4.69, 9.17) is 5.73 Å². The van der Waals surface area contributed by atoms with Crippen LogP contribution in [0.15, 0.2) is 12.5 Å². The van der Waals surface area contributed by atoms with Crippen LogP contribution in [0.2, 0.25) is 0 Å². The Morgan fingerprint density at radius 1 is 1.31 bits per heavy atom. The van der Waals surface area contributed by atoms with Crippen molar-refractivity contribution in [3.63, 3.8) is 0 Å². The number of hydrogen-bond acceptors (Lipinski definition) is 3. The fourth-order valence-corrected chi connectivity index (χ4v) is 1.72. The molecule has 72 valence electrons. The minimum atomic E-state index is 0.529. The fraction of sp³-hybridized carbons (Fsp3) is 0.667. The van der Waals surface area contributed by atoms with Crippen molar-refractivity contribution >= 4 is 0 Å². The zero-order chi connectivity index (χ0) is 9.10. The van der Waals surface area contributed by atoms with Crippen molar-refractivity contribution in [2.45, 2.75) is 25.8 Å². The second-order valence-corrected chi connectivity index (χ2v) is 3.46. The molecule has 1 aromatic heterocycles. The lowest BCUT2D eigenvalue weighted by Crippen LogP contribution is -2.38. The molecule has 2 heterocycles. The van der Waals surface area contributed by atoms with E-state index in [1.54, 1.807) is 0 Å². The average Bonchev–Trinajstić information content (AvgIpc) is 2.67. The summed E-state index contributed by atoms with van der Waals surface area (Å²) in [5, 5.41) is 2.32. The summed E-state index contributed by atoms with van der Waals surface area (Å²) in [6.07, 6.45) is 7.81. The third-order valence-corrected chi connectivity index (χ3v) is 2.49. The highest BCUT2D eigenvalue weighted by Gasteiger charge is 2.10. The molecule has 4 heteroatoms. The van der Waals surface area contributed by atoms with Gasteiger partial charge in [-0.2, -0.15) is 0 Å². The Hall–Kier alpha value is -1.03. The minimum absolute atomic E-state index is 0.529. The first kappa shape index (κ1) is 8.56. The van der Waals surface area contributed by atoms with Crippen molar-refractivity contribution in [1.29, 1.82) is 0 Å². The van der Waals surface area contributed by atoms with E-state index in [0.29, 0.717) is 6.54 Å². The summed E-state index contributed by atoms with van der Waals surface area (Å²) in [6, 6.07) is 0. The van der Waals surface area contributed by atoms with Crippen LogP contribution < -0.4 is 10.7 Å². The molecule has 0 amide bonds. The highest BCUT2D eigenvalue weighted by atomic mass is 15.5. The Morgan fingerprint density at radius 3 is 2.69 bits per heavy atom.